The highest BCUT2D eigenvalue weighted by Crippen LogP contribution is 2.19. The molecule has 0 amide bonds. The summed E-state index contributed by atoms with van der Waals surface area (Å²) in [5.74, 6) is 0. The second-order valence-electron chi connectivity index (χ2n) is 3.84. The number of aryl methyl sites for hydroxylation is 1. The van der Waals surface area contributed by atoms with E-state index in [0.717, 1.165) is 13.0 Å². The van der Waals surface area contributed by atoms with Gasteiger partial charge in [0, 0.05) is 25.3 Å². The lowest BCUT2D eigenvalue weighted by molar-refractivity contribution is 0.715. The molecule has 1 unspecified atom stereocenters. The van der Waals surface area contributed by atoms with Crippen LogP contribution in [-0.4, -0.2) is 19.6 Å². The molecule has 0 saturated carbocycles. The Kier molecular flexibility index (Phi) is 3.96. The maximum atomic E-state index is 5.78. The molecular formula is C12H20N2. The molecule has 1 aromatic rings. The third-order valence-corrected chi connectivity index (χ3v) is 2.35. The molecule has 2 N–H and O–H groups in total. The monoisotopic (exact) mass is 192 g/mol. The standard InChI is InChI=1S/C12H20N2/c1-4-11-7-5-6-8-12(11)14(3)9-10(2)13/h5-8,10H,4,9,13H2,1-3H3. The van der Waals surface area contributed by atoms with Crippen LogP contribution in [0.1, 0.15) is 19.4 Å². The molecule has 0 aromatic heterocycles. The van der Waals surface area contributed by atoms with Gasteiger partial charge in [0.1, 0.15) is 0 Å². The zero-order valence-corrected chi connectivity index (χ0v) is 9.33. The van der Waals surface area contributed by atoms with E-state index >= 15 is 0 Å². The summed E-state index contributed by atoms with van der Waals surface area (Å²) >= 11 is 0. The Morgan fingerprint density at radius 3 is 2.57 bits per heavy atom. The van der Waals surface area contributed by atoms with E-state index in [4.69, 9.17) is 5.73 Å². The fourth-order valence-corrected chi connectivity index (χ4v) is 1.71. The van der Waals surface area contributed by atoms with Crippen LogP contribution in [0.4, 0.5) is 5.69 Å². The normalized spacial score (nSPS) is 12.6. The molecule has 0 spiro atoms. The Bertz CT molecular complexity index is 281. The van der Waals surface area contributed by atoms with Gasteiger partial charge in [0.05, 0.1) is 0 Å². The molecule has 1 aromatic carbocycles. The molecule has 0 saturated heterocycles. The van der Waals surface area contributed by atoms with Gasteiger partial charge in [0.2, 0.25) is 0 Å². The van der Waals surface area contributed by atoms with E-state index in [-0.39, 0.29) is 6.04 Å². The summed E-state index contributed by atoms with van der Waals surface area (Å²) in [6.07, 6.45) is 1.07. The largest absolute Gasteiger partial charge is 0.373 e. The molecule has 2 heteroatoms. The third kappa shape index (κ3) is 2.74. The Morgan fingerprint density at radius 1 is 1.36 bits per heavy atom. The van der Waals surface area contributed by atoms with E-state index in [1.807, 2.05) is 6.92 Å². The molecule has 0 aliphatic carbocycles. The molecule has 0 heterocycles. The van der Waals surface area contributed by atoms with Gasteiger partial charge >= 0.3 is 0 Å². The van der Waals surface area contributed by atoms with Gasteiger partial charge in [-0.2, -0.15) is 0 Å². The van der Waals surface area contributed by atoms with Gasteiger partial charge in [-0.15, -0.1) is 0 Å². The van der Waals surface area contributed by atoms with Crippen molar-refractivity contribution in [1.29, 1.82) is 0 Å². The van der Waals surface area contributed by atoms with Crippen molar-refractivity contribution in [3.63, 3.8) is 0 Å². The first-order valence-corrected chi connectivity index (χ1v) is 5.19. The fourth-order valence-electron chi connectivity index (χ4n) is 1.71. The Morgan fingerprint density at radius 2 is 2.00 bits per heavy atom. The number of para-hydroxylation sites is 1. The van der Waals surface area contributed by atoms with Gasteiger partial charge in [-0.3, -0.25) is 0 Å². The second kappa shape index (κ2) is 5.01. The SMILES string of the molecule is CCc1ccccc1N(C)CC(C)N. The fraction of sp³-hybridized carbons (Fsp3) is 0.500. The van der Waals surface area contributed by atoms with E-state index in [1.165, 1.54) is 11.3 Å². The number of likely N-dealkylation sites (N-methyl/N-ethyl adjacent to an activating group) is 1. The van der Waals surface area contributed by atoms with Crippen LogP contribution in [0.2, 0.25) is 0 Å². The van der Waals surface area contributed by atoms with Crippen LogP contribution in [0.25, 0.3) is 0 Å². The lowest BCUT2D eigenvalue weighted by Gasteiger charge is -2.23. The van der Waals surface area contributed by atoms with Crippen molar-refractivity contribution in [3.8, 4) is 0 Å². The Balaban J connectivity index is 2.82. The molecule has 0 aliphatic rings. The molecule has 0 fully saturated rings. The van der Waals surface area contributed by atoms with Crippen LogP contribution in [0.5, 0.6) is 0 Å². The van der Waals surface area contributed by atoms with Gasteiger partial charge in [-0.05, 0) is 25.0 Å². The van der Waals surface area contributed by atoms with E-state index in [1.54, 1.807) is 0 Å². The number of hydrogen-bond acceptors (Lipinski definition) is 2. The topological polar surface area (TPSA) is 29.3 Å². The maximum absolute atomic E-state index is 5.78. The second-order valence-corrected chi connectivity index (χ2v) is 3.84. The molecule has 14 heavy (non-hydrogen) atoms. The van der Waals surface area contributed by atoms with Gasteiger partial charge in [0.15, 0.2) is 0 Å². The van der Waals surface area contributed by atoms with Gasteiger partial charge in [0.25, 0.3) is 0 Å². The number of hydrogen-bond donors (Lipinski definition) is 1. The third-order valence-electron chi connectivity index (χ3n) is 2.35. The van der Waals surface area contributed by atoms with Crippen molar-refractivity contribution in [3.05, 3.63) is 29.8 Å². The summed E-state index contributed by atoms with van der Waals surface area (Å²) in [4.78, 5) is 2.23. The Labute approximate surface area is 86.7 Å². The molecular weight excluding hydrogens is 172 g/mol. The van der Waals surface area contributed by atoms with Crippen molar-refractivity contribution < 1.29 is 0 Å². The molecule has 1 atom stereocenters. The summed E-state index contributed by atoms with van der Waals surface area (Å²) in [6, 6.07) is 8.70. The number of nitrogens with zero attached hydrogens (tertiary/aromatic N) is 1. The predicted molar refractivity (Wildman–Crippen MR) is 62.7 cm³/mol. The zero-order chi connectivity index (χ0) is 10.6. The van der Waals surface area contributed by atoms with Crippen molar-refractivity contribution in [2.45, 2.75) is 26.3 Å². The predicted octanol–water partition coefficient (Wildman–Crippen LogP) is 2.03. The molecule has 1 rings (SSSR count). The van der Waals surface area contributed by atoms with Crippen molar-refractivity contribution in [1.82, 2.24) is 0 Å². The lowest BCUT2D eigenvalue weighted by atomic mass is 10.1. The molecule has 0 bridgehead atoms. The van der Waals surface area contributed by atoms with Crippen LogP contribution in [0.3, 0.4) is 0 Å². The summed E-state index contributed by atoms with van der Waals surface area (Å²) in [6.45, 7) is 5.11. The summed E-state index contributed by atoms with van der Waals surface area (Å²) in [7, 11) is 2.10. The van der Waals surface area contributed by atoms with Crippen molar-refractivity contribution in [2.75, 3.05) is 18.5 Å². The molecule has 2 nitrogen and oxygen atoms in total. The first-order valence-electron chi connectivity index (χ1n) is 5.19. The van der Waals surface area contributed by atoms with Gasteiger partial charge in [-0.1, -0.05) is 25.1 Å². The van der Waals surface area contributed by atoms with Gasteiger partial charge in [-0.25, -0.2) is 0 Å². The van der Waals surface area contributed by atoms with Gasteiger partial charge < -0.3 is 10.6 Å². The smallest absolute Gasteiger partial charge is 0.0396 e. The number of benzene rings is 1. The van der Waals surface area contributed by atoms with E-state index in [0.29, 0.717) is 0 Å². The molecule has 0 radical (unpaired) electrons. The van der Waals surface area contributed by atoms with Crippen molar-refractivity contribution in [2.24, 2.45) is 5.73 Å². The minimum absolute atomic E-state index is 0.213. The zero-order valence-electron chi connectivity index (χ0n) is 9.33. The average molecular weight is 192 g/mol. The van der Waals surface area contributed by atoms with E-state index in [2.05, 4.69) is 43.1 Å². The van der Waals surface area contributed by atoms with Crippen LogP contribution in [-0.2, 0) is 6.42 Å². The average Bonchev–Trinajstić information content (AvgIpc) is 2.16. The number of rotatable bonds is 4. The minimum atomic E-state index is 0.213. The summed E-state index contributed by atoms with van der Waals surface area (Å²) in [5, 5.41) is 0. The highest BCUT2D eigenvalue weighted by Gasteiger charge is 2.06. The van der Waals surface area contributed by atoms with Crippen LogP contribution in [0.15, 0.2) is 24.3 Å². The first-order chi connectivity index (χ1) is 6.65. The highest BCUT2D eigenvalue weighted by molar-refractivity contribution is 5.53. The number of nitrogens with two attached hydrogens (primary N) is 1. The van der Waals surface area contributed by atoms with Crippen LogP contribution < -0.4 is 10.6 Å². The minimum Gasteiger partial charge on any atom is -0.373 e. The molecule has 78 valence electrons. The highest BCUT2D eigenvalue weighted by atomic mass is 15.1. The Hall–Kier alpha value is -1.02. The maximum Gasteiger partial charge on any atom is 0.0396 e. The number of anilines is 1. The van der Waals surface area contributed by atoms with Crippen LogP contribution >= 0.6 is 0 Å². The van der Waals surface area contributed by atoms with E-state index < -0.39 is 0 Å². The first kappa shape index (κ1) is 11.1. The van der Waals surface area contributed by atoms with Crippen molar-refractivity contribution >= 4 is 5.69 Å². The van der Waals surface area contributed by atoms with E-state index in [9.17, 15) is 0 Å². The quantitative estimate of drug-likeness (QED) is 0.791. The van der Waals surface area contributed by atoms with Crippen LogP contribution in [0, 0.1) is 0 Å². The molecule has 0 aliphatic heterocycles. The summed E-state index contributed by atoms with van der Waals surface area (Å²) < 4.78 is 0. The summed E-state index contributed by atoms with van der Waals surface area (Å²) in [5.41, 5.74) is 8.46. The lowest BCUT2D eigenvalue weighted by Crippen LogP contribution is -2.33.